The van der Waals surface area contributed by atoms with E-state index in [-0.39, 0.29) is 12.1 Å². The molecule has 0 bridgehead atoms. The molecule has 1 aliphatic rings. The van der Waals surface area contributed by atoms with Gasteiger partial charge in [0.15, 0.2) is 5.82 Å². The van der Waals surface area contributed by atoms with Crippen molar-refractivity contribution >= 4 is 5.52 Å². The Kier molecular flexibility index (Phi) is 5.38. The molecular formula is C23H26N6O2. The summed E-state index contributed by atoms with van der Waals surface area (Å²) < 4.78 is 8.69. The van der Waals surface area contributed by atoms with E-state index < -0.39 is 0 Å². The number of nitrogens with zero attached hydrogens (tertiary/aromatic N) is 6. The first-order valence-corrected chi connectivity index (χ1v) is 10.9. The van der Waals surface area contributed by atoms with Crippen molar-refractivity contribution in [3.8, 4) is 11.3 Å². The van der Waals surface area contributed by atoms with E-state index in [1.165, 1.54) is 19.3 Å². The Hall–Kier alpha value is -3.26. The molecule has 31 heavy (non-hydrogen) atoms. The van der Waals surface area contributed by atoms with Gasteiger partial charge in [-0.25, -0.2) is 4.52 Å². The lowest BCUT2D eigenvalue weighted by Gasteiger charge is -2.33. The van der Waals surface area contributed by atoms with Crippen LogP contribution in [0.5, 0.6) is 0 Å². The van der Waals surface area contributed by atoms with Gasteiger partial charge in [0.25, 0.3) is 5.56 Å². The summed E-state index contributed by atoms with van der Waals surface area (Å²) in [5.74, 6) is 1.12. The molecule has 0 saturated carbocycles. The van der Waals surface area contributed by atoms with Crippen molar-refractivity contribution in [3.63, 3.8) is 0 Å². The normalized spacial score (nSPS) is 17.4. The number of piperidine rings is 1. The minimum atomic E-state index is -0.134. The van der Waals surface area contributed by atoms with Crippen LogP contribution in [0.25, 0.3) is 16.8 Å². The third kappa shape index (κ3) is 4.03. The van der Waals surface area contributed by atoms with E-state index >= 15 is 0 Å². The Bertz CT molecular complexity index is 1230. The Labute approximate surface area is 180 Å². The maximum absolute atomic E-state index is 13.0. The topological polar surface area (TPSA) is 81.5 Å². The molecule has 8 heteroatoms. The van der Waals surface area contributed by atoms with E-state index in [0.29, 0.717) is 29.8 Å². The zero-order valence-electron chi connectivity index (χ0n) is 17.6. The van der Waals surface area contributed by atoms with Crippen molar-refractivity contribution < 1.29 is 4.52 Å². The fraction of sp³-hybridized carbons (Fsp3) is 0.391. The molecule has 1 aromatic carbocycles. The maximum Gasteiger partial charge on any atom is 0.277 e. The fourth-order valence-corrected chi connectivity index (χ4v) is 4.38. The summed E-state index contributed by atoms with van der Waals surface area (Å²) in [6.07, 6.45) is 8.35. The van der Waals surface area contributed by atoms with Crippen molar-refractivity contribution in [2.75, 3.05) is 6.54 Å². The molecule has 1 aliphatic heterocycles. The van der Waals surface area contributed by atoms with Crippen LogP contribution in [0.3, 0.4) is 0 Å². The van der Waals surface area contributed by atoms with Gasteiger partial charge in [0, 0.05) is 24.0 Å². The van der Waals surface area contributed by atoms with E-state index in [9.17, 15) is 4.79 Å². The number of fused-ring (bicyclic) bond motifs is 1. The monoisotopic (exact) mass is 418 g/mol. The predicted octanol–water partition coefficient (Wildman–Crippen LogP) is 3.36. The molecule has 8 nitrogen and oxygen atoms in total. The van der Waals surface area contributed by atoms with E-state index in [2.05, 4.69) is 27.1 Å². The molecule has 0 unspecified atom stereocenters. The summed E-state index contributed by atoms with van der Waals surface area (Å²) in [5, 5.41) is 8.63. The third-order valence-corrected chi connectivity index (χ3v) is 6.05. The second-order valence-corrected chi connectivity index (χ2v) is 8.09. The van der Waals surface area contributed by atoms with Gasteiger partial charge in [-0.15, -0.1) is 0 Å². The van der Waals surface area contributed by atoms with Crippen LogP contribution >= 0.6 is 0 Å². The predicted molar refractivity (Wildman–Crippen MR) is 117 cm³/mol. The molecular weight excluding hydrogens is 392 g/mol. The van der Waals surface area contributed by atoms with Gasteiger partial charge in [-0.2, -0.15) is 10.1 Å². The van der Waals surface area contributed by atoms with Gasteiger partial charge in [-0.3, -0.25) is 9.69 Å². The summed E-state index contributed by atoms with van der Waals surface area (Å²) in [6, 6.07) is 12.2. The fourth-order valence-electron chi connectivity index (χ4n) is 4.38. The summed E-state index contributed by atoms with van der Waals surface area (Å²) in [5.41, 5.74) is 2.13. The van der Waals surface area contributed by atoms with Crippen LogP contribution in [0, 0.1) is 0 Å². The highest BCUT2D eigenvalue weighted by atomic mass is 16.5. The van der Waals surface area contributed by atoms with Crippen LogP contribution in [0.1, 0.15) is 44.3 Å². The maximum atomic E-state index is 13.0. The van der Waals surface area contributed by atoms with Gasteiger partial charge in [0.05, 0.1) is 18.8 Å². The molecule has 1 saturated heterocycles. The molecule has 0 N–H and O–H groups in total. The molecule has 4 heterocycles. The molecule has 1 atom stereocenters. The molecule has 3 aromatic heterocycles. The number of benzene rings is 1. The first-order valence-electron chi connectivity index (χ1n) is 10.9. The minimum Gasteiger partial charge on any atom is -0.338 e. The SMILES string of the molecule is CC[C@H]1CCCCN1Cc1nc(Cn2ccn3nc(-c4ccccc4)cc3c2=O)no1. The van der Waals surface area contributed by atoms with Crippen LogP contribution in [-0.2, 0) is 13.1 Å². The molecule has 5 rings (SSSR count). The van der Waals surface area contributed by atoms with Crippen molar-refractivity contribution in [2.24, 2.45) is 0 Å². The zero-order chi connectivity index (χ0) is 21.2. The van der Waals surface area contributed by atoms with Crippen molar-refractivity contribution in [2.45, 2.75) is 51.7 Å². The lowest BCUT2D eigenvalue weighted by Crippen LogP contribution is -2.38. The van der Waals surface area contributed by atoms with Gasteiger partial charge in [0.1, 0.15) is 5.52 Å². The number of likely N-dealkylation sites (tertiary alicyclic amines) is 1. The van der Waals surface area contributed by atoms with Gasteiger partial charge in [-0.1, -0.05) is 48.8 Å². The highest BCUT2D eigenvalue weighted by Gasteiger charge is 2.23. The van der Waals surface area contributed by atoms with Gasteiger partial charge < -0.3 is 9.09 Å². The number of hydrogen-bond donors (Lipinski definition) is 0. The molecule has 160 valence electrons. The molecule has 0 radical (unpaired) electrons. The van der Waals surface area contributed by atoms with Crippen LogP contribution < -0.4 is 5.56 Å². The largest absolute Gasteiger partial charge is 0.338 e. The smallest absolute Gasteiger partial charge is 0.277 e. The van der Waals surface area contributed by atoms with E-state index in [1.807, 2.05) is 36.4 Å². The summed E-state index contributed by atoms with van der Waals surface area (Å²) in [6.45, 7) is 4.23. The standard InChI is InChI=1S/C23H26N6O2/c1-2-18-10-6-7-11-27(18)16-22-24-21(26-31-22)15-28-12-13-29-20(23(28)30)14-19(25-29)17-8-4-3-5-9-17/h3-5,8-9,12-14,18H,2,6-7,10-11,15-16H2,1H3/t18-/m0/s1. The Morgan fingerprint density at radius 3 is 2.84 bits per heavy atom. The van der Waals surface area contributed by atoms with Crippen molar-refractivity contribution in [1.82, 2.24) is 29.2 Å². The highest BCUT2D eigenvalue weighted by molar-refractivity contribution is 5.65. The third-order valence-electron chi connectivity index (χ3n) is 6.05. The van der Waals surface area contributed by atoms with Crippen molar-refractivity contribution in [3.05, 3.63) is 70.9 Å². The van der Waals surface area contributed by atoms with E-state index in [1.54, 1.807) is 21.5 Å². The van der Waals surface area contributed by atoms with Crippen LogP contribution in [0.2, 0.25) is 0 Å². The van der Waals surface area contributed by atoms with Gasteiger partial charge >= 0.3 is 0 Å². The first kappa shape index (κ1) is 19.7. The van der Waals surface area contributed by atoms with Crippen LogP contribution in [-0.4, -0.2) is 41.8 Å². The average molecular weight is 419 g/mol. The van der Waals surface area contributed by atoms with Crippen LogP contribution in [0.15, 0.2) is 58.1 Å². The Morgan fingerprint density at radius 2 is 2.00 bits per heavy atom. The summed E-state index contributed by atoms with van der Waals surface area (Å²) in [7, 11) is 0. The molecule has 1 fully saturated rings. The number of rotatable bonds is 6. The first-order chi connectivity index (χ1) is 15.2. The summed E-state index contributed by atoms with van der Waals surface area (Å²) >= 11 is 0. The second-order valence-electron chi connectivity index (χ2n) is 8.09. The van der Waals surface area contributed by atoms with E-state index in [0.717, 1.165) is 24.2 Å². The van der Waals surface area contributed by atoms with Gasteiger partial charge in [0.2, 0.25) is 5.89 Å². The average Bonchev–Trinajstić information content (AvgIpc) is 3.44. The quantitative estimate of drug-likeness (QED) is 0.478. The Morgan fingerprint density at radius 1 is 1.13 bits per heavy atom. The zero-order valence-corrected chi connectivity index (χ0v) is 17.6. The highest BCUT2D eigenvalue weighted by Crippen LogP contribution is 2.21. The minimum absolute atomic E-state index is 0.134. The lowest BCUT2D eigenvalue weighted by molar-refractivity contribution is 0.120. The molecule has 0 aliphatic carbocycles. The number of hydrogen-bond acceptors (Lipinski definition) is 6. The van der Waals surface area contributed by atoms with E-state index in [4.69, 9.17) is 4.52 Å². The number of aromatic nitrogens is 5. The molecule has 0 spiro atoms. The molecule has 4 aromatic rings. The second kappa shape index (κ2) is 8.47. The molecule has 0 amide bonds. The van der Waals surface area contributed by atoms with Crippen LogP contribution in [0.4, 0.5) is 0 Å². The summed E-state index contributed by atoms with van der Waals surface area (Å²) in [4.78, 5) is 20.0. The van der Waals surface area contributed by atoms with Gasteiger partial charge in [-0.05, 0) is 31.9 Å². The lowest BCUT2D eigenvalue weighted by atomic mass is 10.0. The van der Waals surface area contributed by atoms with Crippen molar-refractivity contribution in [1.29, 1.82) is 0 Å². The Balaban J connectivity index is 1.35.